The standard InChI is InChI=1S/C80H70N4/c1-49(2)69-47-77(83(71-27-15-19-53-17-7-9-21-59(53)71)57-37-39-63-61-23-11-13-25-73(61)81(75(63)45-57)55-33-29-51(5)30-34-55)67-44-42-66-70(50(3)4)48-78(68-43-41-65(69)79(67)80(66)68)84(72-28-16-20-54-18-8-10-22-60(54)72)58-38-40-64-62-24-12-14-26-74(62)82(76(64)46-58)56-35-31-52(6)32-36-56/h11-16,19-20,23-50H,7-10,17-18,21-22H2,1-6H3. The molecule has 4 nitrogen and oxygen atoms in total. The third-order valence-electron chi connectivity index (χ3n) is 19.3. The average Bonchev–Trinajstić information content (AvgIpc) is 1.19. The quantitative estimate of drug-likeness (QED) is 0.127. The minimum atomic E-state index is 0.259. The van der Waals surface area contributed by atoms with Gasteiger partial charge in [0.05, 0.1) is 33.4 Å². The normalized spacial score (nSPS) is 13.7. The Kier molecular flexibility index (Phi) is 11.9. The van der Waals surface area contributed by atoms with Crippen LogP contribution < -0.4 is 9.80 Å². The van der Waals surface area contributed by atoms with Gasteiger partial charge in [-0.1, -0.05) is 160 Å². The number of aryl methyl sites for hydroxylation is 4. The van der Waals surface area contributed by atoms with E-state index in [1.807, 2.05) is 0 Å². The Labute approximate surface area is 493 Å². The molecule has 2 aromatic heterocycles. The summed E-state index contributed by atoms with van der Waals surface area (Å²) in [6.07, 6.45) is 9.18. The van der Waals surface area contributed by atoms with E-state index in [4.69, 9.17) is 0 Å². The van der Waals surface area contributed by atoms with Crippen molar-refractivity contribution in [3.63, 3.8) is 0 Å². The first-order chi connectivity index (χ1) is 41.2. The van der Waals surface area contributed by atoms with E-state index < -0.39 is 0 Å². The van der Waals surface area contributed by atoms with E-state index in [1.165, 1.54) is 192 Å². The Hall–Kier alpha value is -9.12. The first-order valence-electron chi connectivity index (χ1n) is 31.0. The van der Waals surface area contributed by atoms with Crippen LogP contribution in [0.4, 0.5) is 34.1 Å². The molecule has 0 saturated carbocycles. The molecule has 0 bridgehead atoms. The Morgan fingerprint density at radius 3 is 1.13 bits per heavy atom. The molecule has 0 aliphatic heterocycles. The zero-order valence-electron chi connectivity index (χ0n) is 49.2. The molecule has 0 spiro atoms. The predicted molar refractivity (Wildman–Crippen MR) is 359 cm³/mol. The molecule has 0 unspecified atom stereocenters. The fraction of sp³-hybridized carbons (Fsp3) is 0.200. The lowest BCUT2D eigenvalue weighted by Crippen LogP contribution is -2.17. The van der Waals surface area contributed by atoms with Crippen LogP contribution in [-0.2, 0) is 25.7 Å². The zero-order valence-corrected chi connectivity index (χ0v) is 49.2. The van der Waals surface area contributed by atoms with E-state index >= 15 is 0 Å². The Morgan fingerprint density at radius 2 is 0.702 bits per heavy atom. The van der Waals surface area contributed by atoms with E-state index in [0.717, 1.165) is 25.7 Å². The molecule has 0 radical (unpaired) electrons. The summed E-state index contributed by atoms with van der Waals surface area (Å²) in [5.74, 6) is 0.518. The summed E-state index contributed by atoms with van der Waals surface area (Å²) < 4.78 is 4.97. The van der Waals surface area contributed by atoms with E-state index in [0.29, 0.717) is 0 Å². The van der Waals surface area contributed by atoms with Crippen LogP contribution in [0.1, 0.15) is 110 Å². The predicted octanol–water partition coefficient (Wildman–Crippen LogP) is 22.3. The number of nitrogens with zero attached hydrogens (tertiary/aromatic N) is 4. The monoisotopic (exact) mass is 1090 g/mol. The summed E-state index contributed by atoms with van der Waals surface area (Å²) in [5, 5.41) is 13.0. The maximum absolute atomic E-state index is 2.67. The van der Waals surface area contributed by atoms with Crippen molar-refractivity contribution in [3.8, 4) is 11.4 Å². The van der Waals surface area contributed by atoms with Crippen LogP contribution in [0.15, 0.2) is 206 Å². The molecule has 2 aliphatic carbocycles. The minimum absolute atomic E-state index is 0.259. The molecule has 2 aliphatic rings. The van der Waals surface area contributed by atoms with Gasteiger partial charge >= 0.3 is 0 Å². The number of anilines is 6. The molecule has 410 valence electrons. The van der Waals surface area contributed by atoms with E-state index in [2.05, 4.69) is 267 Å². The summed E-state index contributed by atoms with van der Waals surface area (Å²) in [6, 6.07) is 80.0. The largest absolute Gasteiger partial charge is 0.309 e. The summed E-state index contributed by atoms with van der Waals surface area (Å²) >= 11 is 0. The van der Waals surface area contributed by atoms with Gasteiger partial charge in [-0.05, 0) is 217 Å². The molecule has 84 heavy (non-hydrogen) atoms. The van der Waals surface area contributed by atoms with Crippen LogP contribution in [-0.4, -0.2) is 9.13 Å². The molecule has 14 aromatic rings. The lowest BCUT2D eigenvalue weighted by Gasteiger charge is -2.34. The van der Waals surface area contributed by atoms with Crippen molar-refractivity contribution in [3.05, 3.63) is 251 Å². The molecule has 0 amide bonds. The molecule has 0 fully saturated rings. The maximum Gasteiger partial charge on any atom is 0.0561 e. The second-order valence-electron chi connectivity index (χ2n) is 25.0. The van der Waals surface area contributed by atoms with Crippen LogP contribution in [0.5, 0.6) is 0 Å². The van der Waals surface area contributed by atoms with Crippen molar-refractivity contribution in [2.75, 3.05) is 9.80 Å². The second-order valence-corrected chi connectivity index (χ2v) is 25.0. The van der Waals surface area contributed by atoms with Crippen LogP contribution in [0, 0.1) is 13.8 Å². The highest BCUT2D eigenvalue weighted by molar-refractivity contribution is 6.30. The highest BCUT2D eigenvalue weighted by atomic mass is 15.2. The first-order valence-corrected chi connectivity index (χ1v) is 31.0. The molecule has 12 aromatic carbocycles. The first kappa shape index (κ1) is 50.6. The van der Waals surface area contributed by atoms with Crippen LogP contribution in [0.2, 0.25) is 0 Å². The fourth-order valence-electron chi connectivity index (χ4n) is 15.2. The molecular weight excluding hydrogens is 1020 g/mol. The van der Waals surface area contributed by atoms with Crippen molar-refractivity contribution in [1.29, 1.82) is 0 Å². The molecule has 4 heteroatoms. The lowest BCUT2D eigenvalue weighted by molar-refractivity contribution is 0.686. The van der Waals surface area contributed by atoms with Gasteiger partial charge in [0, 0.05) is 66.4 Å². The van der Waals surface area contributed by atoms with Crippen LogP contribution in [0.25, 0.3) is 87.3 Å². The smallest absolute Gasteiger partial charge is 0.0561 e. The Balaban J connectivity index is 0.999. The van der Waals surface area contributed by atoms with Crippen molar-refractivity contribution in [1.82, 2.24) is 9.13 Å². The van der Waals surface area contributed by atoms with Crippen LogP contribution in [0.3, 0.4) is 0 Å². The zero-order chi connectivity index (χ0) is 56.5. The topological polar surface area (TPSA) is 16.3 Å². The van der Waals surface area contributed by atoms with Gasteiger partial charge in [0.15, 0.2) is 0 Å². The maximum atomic E-state index is 2.67. The number of benzene rings is 12. The molecule has 2 heterocycles. The number of fused-ring (bicyclic) bond motifs is 8. The molecular formula is C80H70N4. The Morgan fingerprint density at radius 1 is 0.321 bits per heavy atom. The SMILES string of the molecule is Cc1ccc(-n2c3ccccc3c3ccc(N(c4cccc5c4CCCC5)c4cc(C(C)C)c5ccc6c(N(c7ccc8c9ccccc9n(-c9ccc(C)cc9)c8c7)c7cccc8c7CCCC8)cc(C(C)C)c7ccc4c5c76)cc32)cc1. The van der Waals surface area contributed by atoms with E-state index in [-0.39, 0.29) is 11.8 Å². The summed E-state index contributed by atoms with van der Waals surface area (Å²) in [7, 11) is 0. The van der Waals surface area contributed by atoms with Crippen molar-refractivity contribution in [2.24, 2.45) is 0 Å². The average molecular weight is 1090 g/mol. The highest BCUT2D eigenvalue weighted by Crippen LogP contribution is 2.53. The third-order valence-corrected chi connectivity index (χ3v) is 19.3. The molecule has 0 saturated heterocycles. The third kappa shape index (κ3) is 7.86. The van der Waals surface area contributed by atoms with Gasteiger partial charge in [0.2, 0.25) is 0 Å². The molecule has 16 rings (SSSR count). The number of aromatic nitrogens is 2. The Bertz CT molecular complexity index is 4620. The van der Waals surface area contributed by atoms with Crippen molar-refractivity contribution in [2.45, 2.75) is 105 Å². The number of rotatable bonds is 10. The van der Waals surface area contributed by atoms with Gasteiger partial charge in [-0.2, -0.15) is 0 Å². The minimum Gasteiger partial charge on any atom is -0.309 e. The number of hydrogen-bond acceptors (Lipinski definition) is 2. The summed E-state index contributed by atoms with van der Waals surface area (Å²) in [5.41, 5.74) is 25.8. The van der Waals surface area contributed by atoms with Crippen molar-refractivity contribution < 1.29 is 0 Å². The number of para-hydroxylation sites is 2. The highest BCUT2D eigenvalue weighted by Gasteiger charge is 2.30. The summed E-state index contributed by atoms with van der Waals surface area (Å²) in [6.45, 7) is 13.9. The number of hydrogen-bond donors (Lipinski definition) is 0. The van der Waals surface area contributed by atoms with Gasteiger partial charge < -0.3 is 18.9 Å². The van der Waals surface area contributed by atoms with Crippen molar-refractivity contribution >= 4 is 110 Å². The van der Waals surface area contributed by atoms with Gasteiger partial charge in [0.1, 0.15) is 0 Å². The fourth-order valence-corrected chi connectivity index (χ4v) is 15.2. The van der Waals surface area contributed by atoms with Gasteiger partial charge in [-0.3, -0.25) is 0 Å². The van der Waals surface area contributed by atoms with Gasteiger partial charge in [-0.25, -0.2) is 0 Å². The van der Waals surface area contributed by atoms with Gasteiger partial charge in [0.25, 0.3) is 0 Å². The summed E-state index contributed by atoms with van der Waals surface area (Å²) in [4.78, 5) is 5.35. The van der Waals surface area contributed by atoms with E-state index in [9.17, 15) is 0 Å². The van der Waals surface area contributed by atoms with Gasteiger partial charge in [-0.15, -0.1) is 0 Å². The van der Waals surface area contributed by atoms with E-state index in [1.54, 1.807) is 0 Å². The second kappa shape index (κ2) is 19.8. The molecule has 0 N–H and O–H groups in total. The molecule has 0 atom stereocenters. The van der Waals surface area contributed by atoms with Crippen LogP contribution >= 0.6 is 0 Å². The lowest BCUT2D eigenvalue weighted by atomic mass is 9.83.